The van der Waals surface area contributed by atoms with E-state index < -0.39 is 17.5 Å². The van der Waals surface area contributed by atoms with Crippen LogP contribution in [0.3, 0.4) is 0 Å². The molecule has 5 heterocycles. The summed E-state index contributed by atoms with van der Waals surface area (Å²) >= 11 is 0. The van der Waals surface area contributed by atoms with E-state index in [-0.39, 0.29) is 23.1 Å². The van der Waals surface area contributed by atoms with Crippen molar-refractivity contribution in [1.29, 1.82) is 0 Å². The third-order valence-corrected chi connectivity index (χ3v) is 9.92. The van der Waals surface area contributed by atoms with Gasteiger partial charge >= 0.3 is 6.01 Å². The van der Waals surface area contributed by atoms with Gasteiger partial charge in [-0.25, -0.2) is 4.39 Å². The topological polar surface area (TPSA) is 95.8 Å². The Bertz CT molecular complexity index is 1900. The molecular weight excluding hydrogens is 559 g/mol. The molecule has 0 radical (unpaired) electrons. The lowest BCUT2D eigenvalue weighted by Crippen LogP contribution is -2.51. The first-order valence-electron chi connectivity index (χ1n) is 16.9. The van der Waals surface area contributed by atoms with Crippen LogP contribution in [-0.4, -0.2) is 75.9 Å². The Morgan fingerprint density at radius 1 is 1.14 bits per heavy atom. The summed E-state index contributed by atoms with van der Waals surface area (Å²) in [5.74, 6) is 0.117. The van der Waals surface area contributed by atoms with Crippen molar-refractivity contribution in [2.45, 2.75) is 64.0 Å². The molecule has 2 atom stereocenters. The van der Waals surface area contributed by atoms with E-state index in [1.807, 2.05) is 6.92 Å². The zero-order chi connectivity index (χ0) is 31.8. The number of anilines is 1. The standard InChI is InChI=1S/C34H39FN6O3/c1-2-25-27(35)8-5-21-15-24(42)16-28(29(21)25)41-14-9-26-30(32(41)43)37-33(38-31(26)40-17-22-6-7-23(18-40)36-22)44-20-34(10-11-34)19-39-12-3-4-13-39/h5,8-9,14-16,22-23,36,42H,2-4,6-7,10-13,17-20H2,1H3/t22-,23+/i20D2. The number of hydrogen-bond acceptors (Lipinski definition) is 8. The van der Waals surface area contributed by atoms with Crippen LogP contribution in [0.1, 0.15) is 53.8 Å². The number of pyridine rings is 1. The first-order valence-corrected chi connectivity index (χ1v) is 15.9. The highest BCUT2D eigenvalue weighted by atomic mass is 19.1. The molecule has 8 rings (SSSR count). The van der Waals surface area contributed by atoms with Gasteiger partial charge in [-0.2, -0.15) is 9.97 Å². The lowest BCUT2D eigenvalue weighted by atomic mass is 9.99. The Morgan fingerprint density at radius 2 is 1.91 bits per heavy atom. The van der Waals surface area contributed by atoms with E-state index in [0.717, 1.165) is 38.8 Å². The molecule has 1 saturated carbocycles. The van der Waals surface area contributed by atoms with E-state index in [1.54, 1.807) is 24.4 Å². The molecule has 0 amide bonds. The van der Waals surface area contributed by atoms with Gasteiger partial charge in [-0.15, -0.1) is 0 Å². The van der Waals surface area contributed by atoms with E-state index in [4.69, 9.17) is 12.5 Å². The maximum absolute atomic E-state index is 15.0. The summed E-state index contributed by atoms with van der Waals surface area (Å²) in [7, 11) is 0. The summed E-state index contributed by atoms with van der Waals surface area (Å²) in [6.45, 7) is 3.77. The number of aromatic hydroxyl groups is 1. The van der Waals surface area contributed by atoms with Crippen molar-refractivity contribution >= 4 is 27.5 Å². The van der Waals surface area contributed by atoms with Gasteiger partial charge in [-0.05, 0) is 87.2 Å². The maximum Gasteiger partial charge on any atom is 0.319 e. The summed E-state index contributed by atoms with van der Waals surface area (Å²) in [6, 6.07) is 8.23. The van der Waals surface area contributed by atoms with Crippen molar-refractivity contribution in [3.05, 3.63) is 58.3 Å². The van der Waals surface area contributed by atoms with Crippen molar-refractivity contribution in [3.8, 4) is 17.4 Å². The van der Waals surface area contributed by atoms with Crippen LogP contribution in [0.15, 0.2) is 41.3 Å². The number of benzene rings is 2. The van der Waals surface area contributed by atoms with Crippen molar-refractivity contribution in [1.82, 2.24) is 24.8 Å². The van der Waals surface area contributed by atoms with Gasteiger partial charge in [-0.1, -0.05) is 13.0 Å². The first-order chi connectivity index (χ1) is 22.1. The number of aryl methyl sites for hydroxylation is 1. The zero-order valence-electron chi connectivity index (χ0n) is 27.0. The number of piperazine rings is 1. The fourth-order valence-electron chi connectivity index (χ4n) is 7.51. The second-order valence-corrected chi connectivity index (χ2v) is 13.0. The fourth-order valence-corrected chi connectivity index (χ4v) is 7.51. The SMILES string of the molecule is [2H]C([2H])(Oc1nc(N2C[C@H]3CC[C@@H](C2)N3)c2ccn(-c3cc(O)cc4ccc(F)c(CC)c34)c(=O)c2n1)C1(CN2CCCC2)CC1. The van der Waals surface area contributed by atoms with E-state index in [2.05, 4.69) is 20.1 Å². The molecule has 2 N–H and O–H groups in total. The number of phenols is 1. The molecule has 2 aromatic heterocycles. The Morgan fingerprint density at radius 3 is 2.64 bits per heavy atom. The second-order valence-electron chi connectivity index (χ2n) is 13.0. The molecule has 44 heavy (non-hydrogen) atoms. The van der Waals surface area contributed by atoms with Gasteiger partial charge in [0.1, 0.15) is 22.9 Å². The molecule has 230 valence electrons. The summed E-state index contributed by atoms with van der Waals surface area (Å²) in [6.07, 6.45) is 7.81. The number of rotatable bonds is 8. The molecule has 0 unspecified atom stereocenters. The fraction of sp³-hybridized carbons (Fsp3) is 0.500. The predicted octanol–water partition coefficient (Wildman–Crippen LogP) is 4.54. The zero-order valence-corrected chi connectivity index (χ0v) is 25.0. The largest absolute Gasteiger partial charge is 0.508 e. The van der Waals surface area contributed by atoms with Crippen molar-refractivity contribution in [2.75, 3.05) is 44.2 Å². The average Bonchev–Trinajstić information content (AvgIpc) is 3.51. The number of fused-ring (bicyclic) bond motifs is 4. The van der Waals surface area contributed by atoms with Crippen LogP contribution in [-0.2, 0) is 6.42 Å². The summed E-state index contributed by atoms with van der Waals surface area (Å²) in [4.78, 5) is 28.3. The molecule has 4 aliphatic rings. The third kappa shape index (κ3) is 4.88. The van der Waals surface area contributed by atoms with E-state index in [1.165, 1.54) is 16.7 Å². The van der Waals surface area contributed by atoms with Crippen molar-refractivity contribution in [2.24, 2.45) is 5.41 Å². The highest BCUT2D eigenvalue weighted by molar-refractivity contribution is 5.95. The monoisotopic (exact) mass is 600 g/mol. The number of nitrogens with one attached hydrogen (secondary N) is 1. The van der Waals surface area contributed by atoms with Gasteiger partial charge < -0.3 is 25.0 Å². The number of hydrogen-bond donors (Lipinski definition) is 2. The van der Waals surface area contributed by atoms with Gasteiger partial charge in [0.2, 0.25) is 0 Å². The second kappa shape index (κ2) is 10.7. The van der Waals surface area contributed by atoms with Gasteiger partial charge in [0.15, 0.2) is 0 Å². The van der Waals surface area contributed by atoms with Crippen LogP contribution in [0.25, 0.3) is 27.4 Å². The number of likely N-dealkylation sites (tertiary alicyclic amines) is 1. The van der Waals surface area contributed by atoms with Crippen LogP contribution in [0, 0.1) is 11.2 Å². The maximum atomic E-state index is 15.0. The van der Waals surface area contributed by atoms with E-state index in [0.29, 0.717) is 84.2 Å². The lowest BCUT2D eigenvalue weighted by Gasteiger charge is -2.34. The molecule has 3 saturated heterocycles. The first kappa shape index (κ1) is 25.6. The van der Waals surface area contributed by atoms with Crippen molar-refractivity contribution in [3.63, 3.8) is 0 Å². The van der Waals surface area contributed by atoms with Gasteiger partial charge in [0.05, 0.1) is 20.4 Å². The molecule has 4 aromatic rings. The van der Waals surface area contributed by atoms with Gasteiger partial charge in [0.25, 0.3) is 5.56 Å². The average molecular weight is 601 g/mol. The minimum absolute atomic E-state index is 0.0484. The minimum atomic E-state index is -2.04. The number of aromatic nitrogens is 3. The molecule has 3 aliphatic heterocycles. The molecule has 0 spiro atoms. The number of nitrogens with zero attached hydrogens (tertiary/aromatic N) is 5. The van der Waals surface area contributed by atoms with Crippen LogP contribution in [0.4, 0.5) is 10.2 Å². The highest BCUT2D eigenvalue weighted by Crippen LogP contribution is 2.47. The Kier molecular flexibility index (Phi) is 6.21. The third-order valence-electron chi connectivity index (χ3n) is 9.92. The lowest BCUT2D eigenvalue weighted by molar-refractivity contribution is 0.170. The summed E-state index contributed by atoms with van der Waals surface area (Å²) in [5, 5.41) is 16.0. The Hall–Kier alpha value is -3.76. The van der Waals surface area contributed by atoms with Crippen LogP contribution >= 0.6 is 0 Å². The van der Waals surface area contributed by atoms with Crippen molar-refractivity contribution < 1.29 is 17.0 Å². The molecule has 2 aromatic carbocycles. The molecule has 4 fully saturated rings. The summed E-state index contributed by atoms with van der Waals surface area (Å²) < 4.78 is 40.6. The number of halogens is 1. The van der Waals surface area contributed by atoms with Gasteiger partial charge in [-0.3, -0.25) is 9.36 Å². The molecule has 1 aliphatic carbocycles. The molecule has 9 nitrogen and oxygen atoms in total. The molecule has 2 bridgehead atoms. The normalized spacial score (nSPS) is 23.7. The van der Waals surface area contributed by atoms with Crippen LogP contribution in [0.2, 0.25) is 0 Å². The molecule has 10 heteroatoms. The quantitative estimate of drug-likeness (QED) is 0.305. The predicted molar refractivity (Wildman–Crippen MR) is 169 cm³/mol. The molecular formula is C34H39FN6O3. The number of phenolic OH excluding ortho intramolecular Hbond substituents is 1. The van der Waals surface area contributed by atoms with E-state index in [9.17, 15) is 9.90 Å². The van der Waals surface area contributed by atoms with Crippen LogP contribution < -0.4 is 20.5 Å². The Labute approximate surface area is 258 Å². The van der Waals surface area contributed by atoms with Crippen LogP contribution in [0.5, 0.6) is 11.8 Å². The van der Waals surface area contributed by atoms with E-state index >= 15 is 4.39 Å². The Balaban J connectivity index is 1.27. The van der Waals surface area contributed by atoms with Gasteiger partial charge in [0, 0.05) is 54.8 Å². The minimum Gasteiger partial charge on any atom is -0.508 e. The number of ether oxygens (including phenoxy) is 1. The smallest absolute Gasteiger partial charge is 0.319 e. The highest BCUT2D eigenvalue weighted by Gasteiger charge is 2.45. The summed E-state index contributed by atoms with van der Waals surface area (Å²) in [5.41, 5.74) is -0.259.